The first-order chi connectivity index (χ1) is 12.7. The highest BCUT2D eigenvalue weighted by atomic mass is 16.7. The van der Waals surface area contributed by atoms with E-state index in [0.29, 0.717) is 24.7 Å². The lowest BCUT2D eigenvalue weighted by molar-refractivity contribution is -0.273. The van der Waals surface area contributed by atoms with Crippen molar-refractivity contribution in [3.63, 3.8) is 0 Å². The molecule has 0 aliphatic heterocycles. The quantitative estimate of drug-likeness (QED) is 0.434. The molecule has 156 valence electrons. The van der Waals surface area contributed by atoms with Crippen LogP contribution in [0.1, 0.15) is 66.7 Å². The Balaban J connectivity index is 1.83. The molecule has 4 rings (SSSR count). The molecular formula is C21H36O6. The molecule has 4 fully saturated rings. The zero-order valence-electron chi connectivity index (χ0n) is 17.5. The van der Waals surface area contributed by atoms with E-state index in [1.54, 1.807) is 6.92 Å². The second-order valence-electron chi connectivity index (χ2n) is 8.66. The van der Waals surface area contributed by atoms with Crippen LogP contribution in [0.3, 0.4) is 0 Å². The Morgan fingerprint density at radius 1 is 0.963 bits per heavy atom. The summed E-state index contributed by atoms with van der Waals surface area (Å²) in [4.78, 5) is 0. The zero-order valence-corrected chi connectivity index (χ0v) is 17.5. The van der Waals surface area contributed by atoms with Gasteiger partial charge in [0, 0.05) is 32.5 Å². The fourth-order valence-electron chi connectivity index (χ4n) is 5.78. The summed E-state index contributed by atoms with van der Waals surface area (Å²) in [6.45, 7) is 14.7. The zero-order chi connectivity index (χ0) is 19.9. The van der Waals surface area contributed by atoms with Crippen molar-refractivity contribution in [2.75, 3.05) is 13.2 Å². The van der Waals surface area contributed by atoms with Crippen molar-refractivity contribution < 1.29 is 28.8 Å². The minimum absolute atomic E-state index is 0.280. The summed E-state index contributed by atoms with van der Waals surface area (Å²) >= 11 is 0. The highest BCUT2D eigenvalue weighted by Gasteiger charge is 2.72. The average molecular weight is 385 g/mol. The first-order valence-electron chi connectivity index (χ1n) is 10.3. The lowest BCUT2D eigenvalue weighted by atomic mass is 9.74. The maximum Gasteiger partial charge on any atom is 0.177 e. The van der Waals surface area contributed by atoms with Gasteiger partial charge in [0.2, 0.25) is 0 Å². The Morgan fingerprint density at radius 3 is 2.00 bits per heavy atom. The molecule has 4 aliphatic rings. The predicted molar refractivity (Wildman–Crippen MR) is 101 cm³/mol. The van der Waals surface area contributed by atoms with Crippen LogP contribution >= 0.6 is 0 Å². The van der Waals surface area contributed by atoms with Gasteiger partial charge in [0.15, 0.2) is 18.9 Å². The lowest BCUT2D eigenvalue weighted by Gasteiger charge is -2.48. The van der Waals surface area contributed by atoms with Crippen molar-refractivity contribution in [3.05, 3.63) is 12.2 Å². The van der Waals surface area contributed by atoms with Gasteiger partial charge in [-0.1, -0.05) is 6.58 Å². The maximum absolute atomic E-state index is 10.3. The molecule has 4 aliphatic carbocycles. The van der Waals surface area contributed by atoms with E-state index in [1.165, 1.54) is 0 Å². The molecular weight excluding hydrogens is 348 g/mol. The normalized spacial score (nSPS) is 40.3. The molecule has 0 aromatic rings. The topological polar surface area (TPSA) is 66.4 Å². The minimum atomic E-state index is -0.969. The third-order valence-electron chi connectivity index (χ3n) is 6.27. The number of hydrogen-bond donors (Lipinski definition) is 1. The molecule has 6 heteroatoms. The molecule has 0 aromatic heterocycles. The van der Waals surface area contributed by atoms with Crippen molar-refractivity contribution in [1.82, 2.24) is 0 Å². The molecule has 0 amide bonds. The van der Waals surface area contributed by atoms with Crippen molar-refractivity contribution in [1.29, 1.82) is 0 Å². The summed E-state index contributed by atoms with van der Waals surface area (Å²) in [5.74, 6) is 0.320. The molecule has 7 atom stereocenters. The van der Waals surface area contributed by atoms with Crippen LogP contribution in [0.25, 0.3) is 0 Å². The SMILES string of the molecule is C=C(C)C(O)OC12CC3CC(OC(C)OCC)(C1)CC3(OC(C)OCC)C2. The molecule has 0 saturated heterocycles. The number of aliphatic hydroxyl groups excluding tert-OH is 1. The summed E-state index contributed by atoms with van der Waals surface area (Å²) in [5.41, 5.74) is -0.538. The molecule has 0 spiro atoms. The Labute approximate surface area is 163 Å². The van der Waals surface area contributed by atoms with Gasteiger partial charge < -0.3 is 28.8 Å². The van der Waals surface area contributed by atoms with Crippen molar-refractivity contribution in [2.24, 2.45) is 5.92 Å². The third-order valence-corrected chi connectivity index (χ3v) is 6.27. The van der Waals surface area contributed by atoms with E-state index in [2.05, 4.69) is 6.58 Å². The lowest BCUT2D eigenvalue weighted by Crippen LogP contribution is -2.53. The van der Waals surface area contributed by atoms with Gasteiger partial charge in [0.25, 0.3) is 0 Å². The molecule has 27 heavy (non-hydrogen) atoms. The molecule has 4 bridgehead atoms. The summed E-state index contributed by atoms with van der Waals surface area (Å²) in [6, 6.07) is 0. The van der Waals surface area contributed by atoms with Gasteiger partial charge in [-0.2, -0.15) is 0 Å². The summed E-state index contributed by atoms with van der Waals surface area (Å²) in [5, 5.41) is 10.3. The van der Waals surface area contributed by atoms with E-state index >= 15 is 0 Å². The van der Waals surface area contributed by atoms with Gasteiger partial charge in [-0.25, -0.2) is 0 Å². The summed E-state index contributed by atoms with van der Waals surface area (Å²) in [7, 11) is 0. The number of rotatable bonds is 11. The predicted octanol–water partition coefficient (Wildman–Crippen LogP) is 3.52. The second kappa shape index (κ2) is 7.73. The van der Waals surface area contributed by atoms with Gasteiger partial charge in [-0.15, -0.1) is 0 Å². The van der Waals surface area contributed by atoms with Crippen LogP contribution in [0.15, 0.2) is 12.2 Å². The Hall–Kier alpha value is -0.500. The fraction of sp³-hybridized carbons (Fsp3) is 0.905. The van der Waals surface area contributed by atoms with Crippen LogP contribution in [0, 0.1) is 5.92 Å². The van der Waals surface area contributed by atoms with Crippen LogP contribution in [-0.4, -0.2) is 54.0 Å². The smallest absolute Gasteiger partial charge is 0.177 e. The van der Waals surface area contributed by atoms with Gasteiger partial charge in [-0.3, -0.25) is 0 Å². The third kappa shape index (κ3) is 4.11. The second-order valence-corrected chi connectivity index (χ2v) is 8.66. The first-order valence-corrected chi connectivity index (χ1v) is 10.3. The highest BCUT2D eigenvalue weighted by Crippen LogP contribution is 2.68. The minimum Gasteiger partial charge on any atom is -0.364 e. The van der Waals surface area contributed by atoms with E-state index in [1.807, 2.05) is 27.7 Å². The number of ether oxygens (including phenoxy) is 5. The highest BCUT2D eigenvalue weighted by molar-refractivity contribution is 5.23. The first kappa shape index (κ1) is 21.2. The van der Waals surface area contributed by atoms with E-state index in [0.717, 1.165) is 32.1 Å². The monoisotopic (exact) mass is 384 g/mol. The van der Waals surface area contributed by atoms with Crippen LogP contribution in [-0.2, 0) is 23.7 Å². The summed E-state index contributed by atoms with van der Waals surface area (Å²) < 4.78 is 30.4. The maximum atomic E-state index is 10.3. The average Bonchev–Trinajstić information content (AvgIpc) is 2.86. The number of aliphatic hydroxyl groups is 1. The van der Waals surface area contributed by atoms with Crippen LogP contribution < -0.4 is 0 Å². The standard InChI is InChI=1S/C21H36O6/c1-7-23-15(5)25-19-9-17-10-20(11-19,27-18(22)14(3)4)13-21(17,12-19)26-16(6)24-8-2/h15-18,22H,3,7-13H2,1-2,4-6H3. The molecule has 0 aromatic carbocycles. The van der Waals surface area contributed by atoms with E-state index in [9.17, 15) is 5.11 Å². The van der Waals surface area contributed by atoms with Crippen molar-refractivity contribution >= 4 is 0 Å². The van der Waals surface area contributed by atoms with Crippen molar-refractivity contribution in [2.45, 2.75) is 102 Å². The molecule has 7 unspecified atom stereocenters. The van der Waals surface area contributed by atoms with Crippen LogP contribution in [0.5, 0.6) is 0 Å². The molecule has 6 nitrogen and oxygen atoms in total. The Kier molecular flexibility index (Phi) is 6.07. The van der Waals surface area contributed by atoms with E-state index in [-0.39, 0.29) is 23.8 Å². The van der Waals surface area contributed by atoms with Crippen molar-refractivity contribution in [3.8, 4) is 0 Å². The largest absolute Gasteiger partial charge is 0.364 e. The van der Waals surface area contributed by atoms with E-state index in [4.69, 9.17) is 23.7 Å². The molecule has 4 saturated carbocycles. The molecule has 1 N–H and O–H groups in total. The van der Waals surface area contributed by atoms with Gasteiger partial charge in [0.05, 0.1) is 16.8 Å². The fourth-order valence-corrected chi connectivity index (χ4v) is 5.78. The number of hydrogen-bond acceptors (Lipinski definition) is 6. The van der Waals surface area contributed by atoms with E-state index < -0.39 is 11.9 Å². The van der Waals surface area contributed by atoms with Gasteiger partial charge >= 0.3 is 0 Å². The molecule has 0 heterocycles. The summed E-state index contributed by atoms with van der Waals surface area (Å²) in [6.07, 6.45) is 2.57. The Bertz CT molecular complexity index is 549. The van der Waals surface area contributed by atoms with Crippen LogP contribution in [0.4, 0.5) is 0 Å². The van der Waals surface area contributed by atoms with Gasteiger partial charge in [-0.05, 0) is 59.0 Å². The van der Waals surface area contributed by atoms with Gasteiger partial charge in [0.1, 0.15) is 0 Å². The van der Waals surface area contributed by atoms with Crippen LogP contribution in [0.2, 0.25) is 0 Å². The molecule has 0 radical (unpaired) electrons. The Morgan fingerprint density at radius 2 is 1.48 bits per heavy atom.